The van der Waals surface area contributed by atoms with Crippen LogP contribution >= 0.6 is 11.6 Å². The van der Waals surface area contributed by atoms with Gasteiger partial charge in [-0.1, -0.05) is 297 Å². The maximum Gasteiger partial charge on any atom is 0.309 e. The average Bonchev–Trinajstić information content (AvgIpc) is 1.64. The molecule has 2 N–H and O–H groups in total. The van der Waals surface area contributed by atoms with Crippen LogP contribution in [0.3, 0.4) is 0 Å². The maximum atomic E-state index is 12.7. The first-order valence-electron chi connectivity index (χ1n) is 38.4. The zero-order valence-electron chi connectivity index (χ0n) is 59.3. The van der Waals surface area contributed by atoms with E-state index in [0.717, 1.165) is 123 Å². The highest BCUT2D eigenvalue weighted by atomic mass is 35.5. The summed E-state index contributed by atoms with van der Waals surface area (Å²) >= 11 is 7.96. The number of halogens is 1. The molecule has 0 saturated heterocycles. The van der Waals surface area contributed by atoms with Crippen LogP contribution in [0.15, 0.2) is 82.6 Å². The highest BCUT2D eigenvalue weighted by Gasteiger charge is 2.51. The molecular formula is C82H132ClN2O6+. The smallest absolute Gasteiger partial charge is 0.309 e. The molecule has 91 heavy (non-hydrogen) atoms. The van der Waals surface area contributed by atoms with Crippen molar-refractivity contribution in [1.29, 1.82) is 0 Å². The Bertz CT molecular complexity index is 2520. The third-order valence-corrected chi connectivity index (χ3v) is 21.1. The Morgan fingerprint density at radius 1 is 0.516 bits per heavy atom. The second-order valence-corrected chi connectivity index (χ2v) is 28.3. The molecule has 0 fully saturated rings. The number of rotatable bonds is 54. The van der Waals surface area contributed by atoms with Gasteiger partial charge in [0.1, 0.15) is 17.9 Å². The minimum Gasteiger partial charge on any atom is -0.494 e. The summed E-state index contributed by atoms with van der Waals surface area (Å²) in [4.78, 5) is 27.7. The molecule has 1 atom stereocenters. The van der Waals surface area contributed by atoms with Gasteiger partial charge >= 0.3 is 11.9 Å². The van der Waals surface area contributed by atoms with Gasteiger partial charge in [0.2, 0.25) is 5.69 Å². The third kappa shape index (κ3) is 25.4. The van der Waals surface area contributed by atoms with E-state index in [4.69, 9.17) is 21.1 Å². The molecule has 0 aromatic heterocycles. The number of carboxylic acids is 2. The van der Waals surface area contributed by atoms with Crippen LogP contribution in [0.5, 0.6) is 11.5 Å². The number of hydrogen-bond acceptors (Lipinski definition) is 5. The number of ether oxygens (including phenoxy) is 2. The van der Waals surface area contributed by atoms with Crippen molar-refractivity contribution in [2.75, 3.05) is 31.2 Å². The quantitative estimate of drug-likeness (QED) is 0.0503. The van der Waals surface area contributed by atoms with Gasteiger partial charge in [-0.05, 0) is 110 Å². The van der Waals surface area contributed by atoms with E-state index in [9.17, 15) is 19.8 Å². The lowest BCUT2D eigenvalue weighted by Crippen LogP contribution is -2.35. The van der Waals surface area contributed by atoms with Crippen molar-refractivity contribution in [3.63, 3.8) is 0 Å². The van der Waals surface area contributed by atoms with Crippen LogP contribution in [0.4, 0.5) is 11.4 Å². The monoisotopic (exact) mass is 1280 g/mol. The molecule has 0 bridgehead atoms. The first-order chi connectivity index (χ1) is 44.5. The number of carbonyl (C=O) groups is 2. The lowest BCUT2D eigenvalue weighted by molar-refractivity contribution is -0.436. The van der Waals surface area contributed by atoms with Crippen LogP contribution in [0.1, 0.15) is 349 Å². The fourth-order valence-corrected chi connectivity index (χ4v) is 15.5. The normalized spacial score (nSPS) is 16.9. The fourth-order valence-electron chi connectivity index (χ4n) is 15.2. The molecule has 9 heteroatoms. The van der Waals surface area contributed by atoms with Crippen LogP contribution in [-0.2, 0) is 20.4 Å². The molecule has 1 aliphatic carbocycles. The van der Waals surface area contributed by atoms with E-state index >= 15 is 0 Å². The third-order valence-electron chi connectivity index (χ3n) is 20.6. The van der Waals surface area contributed by atoms with E-state index in [-0.39, 0.29) is 23.7 Å². The van der Waals surface area contributed by atoms with Crippen molar-refractivity contribution in [2.45, 2.75) is 348 Å². The number of allylic oxidation sites excluding steroid dienone is 8. The topological polar surface area (TPSA) is 99.3 Å². The zero-order valence-corrected chi connectivity index (χ0v) is 60.1. The molecule has 0 amide bonds. The Morgan fingerprint density at radius 3 is 1.41 bits per heavy atom. The molecule has 2 heterocycles. The van der Waals surface area contributed by atoms with Gasteiger partial charge in [-0.25, -0.2) is 0 Å². The van der Waals surface area contributed by atoms with Crippen molar-refractivity contribution in [3.8, 4) is 11.5 Å². The van der Waals surface area contributed by atoms with E-state index < -0.39 is 11.9 Å². The van der Waals surface area contributed by atoms with Crippen LogP contribution in [0.2, 0.25) is 0 Å². The predicted octanol–water partition coefficient (Wildman–Crippen LogP) is 24.9. The Kier molecular flexibility index (Phi) is 38.4. The Balaban J connectivity index is 1.69. The average molecular weight is 1280 g/mol. The summed E-state index contributed by atoms with van der Waals surface area (Å²) in [6.07, 6.45) is 59.9. The molecule has 2 aromatic rings. The SMILES string of the molecule is CCCCCCCCOc1ccc2c(c1)C(CCCCCCCC)(CCCCCCCC)C(=CC=C1CC(CC)CC(C=CC3=[N+](CCC(=O)O)c4ccc(OCCCCCCCC)cc4C3(CCCCCCCC)CCCCCCCC)=C1Cl)N2CCC(=O)O. The molecule has 3 aliphatic rings. The van der Waals surface area contributed by atoms with Crippen LogP contribution in [-0.4, -0.2) is 58.7 Å². The number of benzene rings is 2. The standard InChI is InChI=1S/C82H131ClN2O6/c1-8-15-21-27-33-39-55-81(56-40-34-28-22-16-9-2)72-65-70(90-61-43-37-31-25-19-12-5)47-49-74(72)84(59-53-78(86)87)76(81)51-45-68-63-67(14-7)64-69(80(68)83)46-52-77-82(57-41-35-29-23-17-10-3,58-42-36-30-24-18-11-4)73-66-71(91-62-44-38-32-26-20-13-6)48-50-75(73)85(77)60-54-79(88)89/h45-52,65-67H,8-44,53-64H2,1-7H3,(H-,86,87,88,89)/p+1. The van der Waals surface area contributed by atoms with E-state index in [1.807, 2.05) is 0 Å². The van der Waals surface area contributed by atoms with Gasteiger partial charge < -0.3 is 24.6 Å². The lowest BCUT2D eigenvalue weighted by atomic mass is 9.69. The Morgan fingerprint density at radius 2 is 0.945 bits per heavy atom. The summed E-state index contributed by atoms with van der Waals surface area (Å²) < 4.78 is 15.7. The molecule has 2 aliphatic heterocycles. The van der Waals surface area contributed by atoms with Gasteiger partial charge in [0.25, 0.3) is 0 Å². The molecule has 8 nitrogen and oxygen atoms in total. The predicted molar refractivity (Wildman–Crippen MR) is 389 cm³/mol. The van der Waals surface area contributed by atoms with Gasteiger partial charge in [-0.15, -0.1) is 0 Å². The molecule has 2 aromatic carbocycles. The van der Waals surface area contributed by atoms with Crippen molar-refractivity contribution in [1.82, 2.24) is 0 Å². The second-order valence-electron chi connectivity index (χ2n) is 27.9. The van der Waals surface area contributed by atoms with Crippen molar-refractivity contribution < 1.29 is 33.9 Å². The summed E-state index contributed by atoms with van der Waals surface area (Å²) in [6.45, 7) is 18.2. The van der Waals surface area contributed by atoms with Gasteiger partial charge in [0.15, 0.2) is 12.3 Å². The number of anilines is 1. The molecule has 512 valence electrons. The number of carboxylic acid groups (broad SMARTS) is 2. The van der Waals surface area contributed by atoms with Gasteiger partial charge in [0.05, 0.1) is 25.0 Å². The minimum atomic E-state index is -0.784. The highest BCUT2D eigenvalue weighted by molar-refractivity contribution is 6.32. The zero-order chi connectivity index (χ0) is 65.4. The molecular weight excluding hydrogens is 1140 g/mol. The highest BCUT2D eigenvalue weighted by Crippen LogP contribution is 2.56. The molecule has 0 radical (unpaired) electrons. The number of aliphatic carboxylic acids is 2. The minimum absolute atomic E-state index is 0.0418. The van der Waals surface area contributed by atoms with Crippen LogP contribution in [0, 0.1) is 5.92 Å². The summed E-state index contributed by atoms with van der Waals surface area (Å²) in [7, 11) is 0. The Hall–Kier alpha value is -4.30. The first kappa shape index (κ1) is 77.4. The molecule has 1 unspecified atom stereocenters. The summed E-state index contributed by atoms with van der Waals surface area (Å²) in [6, 6.07) is 13.5. The molecule has 0 saturated carbocycles. The first-order valence-corrected chi connectivity index (χ1v) is 38.7. The van der Waals surface area contributed by atoms with E-state index in [1.54, 1.807) is 0 Å². The maximum absolute atomic E-state index is 12.7. The summed E-state index contributed by atoms with van der Waals surface area (Å²) in [5, 5.41) is 21.6. The van der Waals surface area contributed by atoms with Crippen LogP contribution in [0.25, 0.3) is 0 Å². The number of hydrogen-bond donors (Lipinski definition) is 2. The van der Waals surface area contributed by atoms with E-state index in [1.165, 1.54) is 215 Å². The summed E-state index contributed by atoms with van der Waals surface area (Å²) in [5.74, 6) is 0.659. The van der Waals surface area contributed by atoms with Gasteiger partial charge in [-0.3, -0.25) is 9.59 Å². The van der Waals surface area contributed by atoms with Crippen molar-refractivity contribution in [3.05, 3.63) is 93.7 Å². The van der Waals surface area contributed by atoms with Crippen LogP contribution < -0.4 is 14.4 Å². The second kappa shape index (κ2) is 45.1. The largest absolute Gasteiger partial charge is 0.494 e. The lowest BCUT2D eigenvalue weighted by Gasteiger charge is -2.35. The van der Waals surface area contributed by atoms with E-state index in [0.29, 0.717) is 32.2 Å². The number of unbranched alkanes of at least 4 members (excludes halogenated alkanes) is 30. The Labute approximate surface area is 562 Å². The van der Waals surface area contributed by atoms with Gasteiger partial charge in [0, 0.05) is 46.1 Å². The van der Waals surface area contributed by atoms with Gasteiger partial charge in [-0.2, -0.15) is 4.58 Å². The van der Waals surface area contributed by atoms with Crippen molar-refractivity contribution in [2.24, 2.45) is 5.92 Å². The fraction of sp³-hybridized carbons (Fsp3) is 0.720. The van der Waals surface area contributed by atoms with E-state index in [2.05, 4.69) is 119 Å². The number of nitrogens with zero attached hydrogens (tertiary/aromatic N) is 2. The van der Waals surface area contributed by atoms with Crippen molar-refractivity contribution >= 4 is 40.6 Å². The number of fused-ring (bicyclic) bond motifs is 2. The molecule has 0 spiro atoms. The summed E-state index contributed by atoms with van der Waals surface area (Å²) in [5.41, 5.74) is 8.91. The molecule has 5 rings (SSSR count).